The Balaban J connectivity index is 2.50. The fourth-order valence-corrected chi connectivity index (χ4v) is 5.33. The largest absolute Gasteiger partial charge is 0.422 e. The molecule has 0 aliphatic rings. The molecule has 0 saturated carbocycles. The van der Waals surface area contributed by atoms with Crippen molar-refractivity contribution < 1.29 is 22.5 Å². The zero-order valence-electron chi connectivity index (χ0n) is 14.0. The number of halogens is 3. The van der Waals surface area contributed by atoms with Gasteiger partial charge in [0.25, 0.3) is 10.1 Å². The Morgan fingerprint density at radius 2 is 1.62 bits per heavy atom. The van der Waals surface area contributed by atoms with Crippen molar-refractivity contribution in [1.29, 1.82) is 0 Å². The number of carbonyl (C=O) groups is 1. The second-order valence-electron chi connectivity index (χ2n) is 5.92. The molecule has 0 heterocycles. The number of esters is 1. The number of ether oxygens (including phenoxy) is 1. The summed E-state index contributed by atoms with van der Waals surface area (Å²) in [5.41, 5.74) is 1.06. The molecular formula is C17H15I3O5S. The second-order valence-corrected chi connectivity index (χ2v) is 10.8. The number of carbonyl (C=O) groups excluding carboxylic acids is 1. The first kappa shape index (κ1) is 22.3. The van der Waals surface area contributed by atoms with Gasteiger partial charge in [0.15, 0.2) is 0 Å². The smallest absolute Gasteiger partial charge is 0.343 e. The van der Waals surface area contributed by atoms with Crippen molar-refractivity contribution in [3.05, 3.63) is 51.7 Å². The highest BCUT2D eigenvalue weighted by molar-refractivity contribution is 14.1. The van der Waals surface area contributed by atoms with Gasteiger partial charge >= 0.3 is 5.97 Å². The predicted molar refractivity (Wildman–Crippen MR) is 125 cm³/mol. The van der Waals surface area contributed by atoms with Crippen molar-refractivity contribution >= 4 is 83.9 Å². The van der Waals surface area contributed by atoms with Crippen LogP contribution in [0.1, 0.15) is 41.3 Å². The van der Waals surface area contributed by atoms with Crippen LogP contribution in [0.15, 0.2) is 29.2 Å². The van der Waals surface area contributed by atoms with Gasteiger partial charge in [-0.3, -0.25) is 4.55 Å². The summed E-state index contributed by atoms with van der Waals surface area (Å²) in [7, 11) is -4.37. The van der Waals surface area contributed by atoms with Crippen LogP contribution in [0.4, 0.5) is 0 Å². The van der Waals surface area contributed by atoms with Gasteiger partial charge in [0, 0.05) is 7.14 Å². The molecule has 0 spiro atoms. The Morgan fingerprint density at radius 1 is 1.04 bits per heavy atom. The molecule has 1 N–H and O–H groups in total. The Hall–Kier alpha value is 0.0100. The molecule has 140 valence electrons. The van der Waals surface area contributed by atoms with Gasteiger partial charge < -0.3 is 4.74 Å². The number of hydrogen-bond donors (Lipinski definition) is 1. The molecule has 2 aromatic rings. The second kappa shape index (κ2) is 8.57. The van der Waals surface area contributed by atoms with E-state index in [-0.39, 0.29) is 16.4 Å². The van der Waals surface area contributed by atoms with Gasteiger partial charge in [0.1, 0.15) is 5.75 Å². The molecule has 0 bridgehead atoms. The number of benzene rings is 2. The summed E-state index contributed by atoms with van der Waals surface area (Å²) in [5, 5.41) is 0. The van der Waals surface area contributed by atoms with Crippen LogP contribution < -0.4 is 4.74 Å². The van der Waals surface area contributed by atoms with E-state index in [1.165, 1.54) is 12.1 Å². The quantitative estimate of drug-likeness (QED) is 0.151. The molecule has 0 aromatic heterocycles. The van der Waals surface area contributed by atoms with Crippen molar-refractivity contribution in [3.8, 4) is 5.75 Å². The van der Waals surface area contributed by atoms with Crippen LogP contribution in [-0.2, 0) is 10.1 Å². The van der Waals surface area contributed by atoms with E-state index < -0.39 is 16.1 Å². The first-order chi connectivity index (χ1) is 11.9. The van der Waals surface area contributed by atoms with E-state index in [2.05, 4.69) is 67.8 Å². The van der Waals surface area contributed by atoms with Gasteiger partial charge in [-0.2, -0.15) is 8.42 Å². The third-order valence-electron chi connectivity index (χ3n) is 3.65. The Bertz CT molecular complexity index is 984. The van der Waals surface area contributed by atoms with Crippen LogP contribution in [0.25, 0.3) is 0 Å². The van der Waals surface area contributed by atoms with Crippen molar-refractivity contribution in [1.82, 2.24) is 0 Å². The van der Waals surface area contributed by atoms with Gasteiger partial charge in [0.05, 0.1) is 14.0 Å². The molecule has 0 amide bonds. The Morgan fingerprint density at radius 3 is 2.15 bits per heavy atom. The molecule has 0 atom stereocenters. The van der Waals surface area contributed by atoms with E-state index in [1.807, 2.05) is 6.07 Å². The maximum atomic E-state index is 12.7. The van der Waals surface area contributed by atoms with Crippen molar-refractivity contribution in [2.24, 2.45) is 0 Å². The summed E-state index contributed by atoms with van der Waals surface area (Å²) in [5.74, 6) is -0.315. The number of rotatable bonds is 4. The van der Waals surface area contributed by atoms with Gasteiger partial charge in [-0.1, -0.05) is 13.8 Å². The molecule has 0 aliphatic heterocycles. The summed E-state index contributed by atoms with van der Waals surface area (Å²) in [6, 6.07) is 6.49. The van der Waals surface area contributed by atoms with Crippen LogP contribution >= 0.6 is 67.8 Å². The van der Waals surface area contributed by atoms with Gasteiger partial charge in [-0.05, 0) is 116 Å². The zero-order valence-corrected chi connectivity index (χ0v) is 21.3. The summed E-state index contributed by atoms with van der Waals surface area (Å²) < 4.78 is 41.1. The van der Waals surface area contributed by atoms with E-state index in [1.54, 1.807) is 26.8 Å². The maximum absolute atomic E-state index is 12.7. The van der Waals surface area contributed by atoms with Crippen molar-refractivity contribution in [3.63, 3.8) is 0 Å². The highest BCUT2D eigenvalue weighted by Crippen LogP contribution is 2.30. The Kier molecular flexibility index (Phi) is 7.35. The molecular weight excluding hydrogens is 697 g/mol. The van der Waals surface area contributed by atoms with E-state index in [4.69, 9.17) is 4.74 Å². The lowest BCUT2D eigenvalue weighted by atomic mass is 9.97. The molecule has 0 aliphatic carbocycles. The average Bonchev–Trinajstić information content (AvgIpc) is 2.51. The number of hydrogen-bond acceptors (Lipinski definition) is 4. The van der Waals surface area contributed by atoms with E-state index in [0.717, 1.165) is 10.7 Å². The molecule has 26 heavy (non-hydrogen) atoms. The minimum atomic E-state index is -4.37. The topological polar surface area (TPSA) is 80.7 Å². The lowest BCUT2D eigenvalue weighted by molar-refractivity contribution is 0.0732. The minimum Gasteiger partial charge on any atom is -0.422 e. The monoisotopic (exact) mass is 712 g/mol. The fraction of sp³-hybridized carbons (Fsp3) is 0.235. The molecule has 9 heteroatoms. The van der Waals surface area contributed by atoms with Crippen LogP contribution in [0.3, 0.4) is 0 Å². The summed E-state index contributed by atoms with van der Waals surface area (Å²) in [4.78, 5) is 12.5. The van der Waals surface area contributed by atoms with Crippen molar-refractivity contribution in [2.75, 3.05) is 0 Å². The van der Waals surface area contributed by atoms with Gasteiger partial charge in [-0.25, -0.2) is 4.79 Å². The van der Waals surface area contributed by atoms with E-state index >= 15 is 0 Å². The SMILES string of the molecule is Cc1cc(S(=O)(=O)O)c(C(C)C)cc1C(=O)Oc1cc(I)c(I)cc1I. The van der Waals surface area contributed by atoms with Crippen molar-refractivity contribution in [2.45, 2.75) is 31.6 Å². The normalized spacial score (nSPS) is 11.7. The third-order valence-corrected chi connectivity index (χ3v) is 8.22. The minimum absolute atomic E-state index is 0.181. The molecule has 2 rings (SSSR count). The molecule has 0 saturated heterocycles. The predicted octanol–water partition coefficient (Wildman–Crippen LogP) is 5.40. The summed E-state index contributed by atoms with van der Waals surface area (Å²) in [6.45, 7) is 5.19. The van der Waals surface area contributed by atoms with E-state index in [0.29, 0.717) is 16.9 Å². The van der Waals surface area contributed by atoms with Crippen LogP contribution in [0.5, 0.6) is 5.75 Å². The molecule has 0 fully saturated rings. The Labute approximate surface area is 193 Å². The highest BCUT2D eigenvalue weighted by atomic mass is 127. The summed E-state index contributed by atoms with van der Waals surface area (Å²) >= 11 is 6.47. The number of aryl methyl sites for hydroxylation is 1. The van der Waals surface area contributed by atoms with Gasteiger partial charge in [-0.15, -0.1) is 0 Å². The highest BCUT2D eigenvalue weighted by Gasteiger charge is 2.23. The van der Waals surface area contributed by atoms with E-state index in [9.17, 15) is 17.8 Å². The lowest BCUT2D eigenvalue weighted by Crippen LogP contribution is -2.14. The fourth-order valence-electron chi connectivity index (χ4n) is 2.33. The van der Waals surface area contributed by atoms with Crippen LogP contribution in [0.2, 0.25) is 0 Å². The van der Waals surface area contributed by atoms with Crippen LogP contribution in [0, 0.1) is 17.6 Å². The summed E-state index contributed by atoms with van der Waals surface area (Å²) in [6.07, 6.45) is 0. The molecule has 2 aromatic carbocycles. The average molecular weight is 712 g/mol. The molecule has 0 unspecified atom stereocenters. The first-order valence-corrected chi connectivity index (χ1v) is 12.1. The zero-order chi connectivity index (χ0) is 19.8. The van der Waals surface area contributed by atoms with Crippen LogP contribution in [-0.4, -0.2) is 18.9 Å². The standard InChI is InChI=1S/C17H15I3O5S/c1-8(2)10-5-11(9(3)4-16(10)26(22,23)24)17(21)25-15-7-13(19)12(18)6-14(15)20/h4-8H,1-3H3,(H,22,23,24). The third kappa shape index (κ3) is 5.08. The molecule has 0 radical (unpaired) electrons. The molecule has 5 nitrogen and oxygen atoms in total. The van der Waals surface area contributed by atoms with Gasteiger partial charge in [0.2, 0.25) is 0 Å². The maximum Gasteiger partial charge on any atom is 0.343 e. The first-order valence-electron chi connectivity index (χ1n) is 7.40. The lowest BCUT2D eigenvalue weighted by Gasteiger charge is -2.15.